The van der Waals surface area contributed by atoms with Gasteiger partial charge < -0.3 is 5.32 Å². The number of aryl methyl sites for hydroxylation is 1. The lowest BCUT2D eigenvalue weighted by Gasteiger charge is -2.17. The Bertz CT molecular complexity index is 771. The van der Waals surface area contributed by atoms with Crippen LogP contribution in [0.1, 0.15) is 51.2 Å². The monoisotopic (exact) mass is 299 g/mol. The summed E-state index contributed by atoms with van der Waals surface area (Å²) in [5, 5.41) is 12.1. The molecule has 116 valence electrons. The zero-order valence-corrected chi connectivity index (χ0v) is 13.4. The zero-order valence-electron chi connectivity index (χ0n) is 13.4. The first kappa shape index (κ1) is 14.5. The minimum Gasteiger partial charge on any atom is -0.360 e. The van der Waals surface area contributed by atoms with Crippen LogP contribution in [0.2, 0.25) is 0 Å². The Kier molecular flexibility index (Phi) is 3.79. The highest BCUT2D eigenvalue weighted by Crippen LogP contribution is 2.22. The molecule has 0 saturated carbocycles. The molecule has 0 aliphatic rings. The number of anilines is 1. The molecule has 1 unspecified atom stereocenters. The molecule has 0 aliphatic heterocycles. The second-order valence-electron chi connectivity index (χ2n) is 5.62. The van der Waals surface area contributed by atoms with Crippen molar-refractivity contribution in [2.24, 2.45) is 0 Å². The van der Waals surface area contributed by atoms with Gasteiger partial charge in [-0.05, 0) is 19.8 Å². The van der Waals surface area contributed by atoms with E-state index in [-0.39, 0.29) is 6.04 Å². The summed E-state index contributed by atoms with van der Waals surface area (Å²) in [6.45, 7) is 9.19. The molecule has 7 heteroatoms. The van der Waals surface area contributed by atoms with Crippen molar-refractivity contribution < 1.29 is 0 Å². The van der Waals surface area contributed by atoms with Gasteiger partial charge in [0.05, 0.1) is 12.2 Å². The van der Waals surface area contributed by atoms with Crippen LogP contribution >= 0.6 is 0 Å². The molecule has 0 saturated heterocycles. The average molecular weight is 299 g/mol. The van der Waals surface area contributed by atoms with Crippen molar-refractivity contribution >= 4 is 11.5 Å². The minimum atomic E-state index is 0.0252. The summed E-state index contributed by atoms with van der Waals surface area (Å²) >= 11 is 0. The number of hydrogen-bond donors (Lipinski definition) is 1. The molecule has 0 fully saturated rings. The second-order valence-corrected chi connectivity index (χ2v) is 5.62. The molecule has 0 amide bonds. The lowest BCUT2D eigenvalue weighted by atomic mass is 10.1. The van der Waals surface area contributed by atoms with Crippen molar-refractivity contribution in [3.05, 3.63) is 36.2 Å². The Morgan fingerprint density at radius 2 is 2.05 bits per heavy atom. The maximum atomic E-state index is 4.63. The van der Waals surface area contributed by atoms with Gasteiger partial charge in [-0.2, -0.15) is 14.7 Å². The molecular weight excluding hydrogens is 278 g/mol. The lowest BCUT2D eigenvalue weighted by Crippen LogP contribution is -2.16. The molecule has 3 heterocycles. The van der Waals surface area contributed by atoms with Crippen molar-refractivity contribution in [1.29, 1.82) is 0 Å². The topological polar surface area (TPSA) is 72.9 Å². The highest BCUT2D eigenvalue weighted by atomic mass is 15.4. The van der Waals surface area contributed by atoms with Gasteiger partial charge in [0, 0.05) is 24.4 Å². The van der Waals surface area contributed by atoms with Crippen LogP contribution < -0.4 is 5.32 Å². The number of aromatic nitrogens is 6. The molecular formula is C15H21N7. The maximum Gasteiger partial charge on any atom is 0.157 e. The second kappa shape index (κ2) is 5.75. The molecule has 1 atom stereocenters. The van der Waals surface area contributed by atoms with Crippen LogP contribution in [0.25, 0.3) is 5.65 Å². The van der Waals surface area contributed by atoms with Crippen LogP contribution in [-0.2, 0) is 6.54 Å². The summed E-state index contributed by atoms with van der Waals surface area (Å²) in [4.78, 5) is 8.98. The fourth-order valence-corrected chi connectivity index (χ4v) is 2.47. The fraction of sp³-hybridized carbons (Fsp3) is 0.467. The SMILES string of the molecule is CCn1ncnc1C(C)Nc1cc(C(C)C)nc2ccnn12. The van der Waals surface area contributed by atoms with E-state index in [1.165, 1.54) is 0 Å². The van der Waals surface area contributed by atoms with Gasteiger partial charge >= 0.3 is 0 Å². The number of hydrogen-bond acceptors (Lipinski definition) is 5. The van der Waals surface area contributed by atoms with Crippen molar-refractivity contribution in [3.8, 4) is 0 Å². The van der Waals surface area contributed by atoms with Gasteiger partial charge in [-0.15, -0.1) is 0 Å². The molecule has 0 aliphatic carbocycles. The third-order valence-corrected chi connectivity index (χ3v) is 3.67. The van der Waals surface area contributed by atoms with Crippen LogP contribution in [0, 0.1) is 0 Å². The minimum absolute atomic E-state index is 0.0252. The van der Waals surface area contributed by atoms with Gasteiger partial charge in [-0.3, -0.25) is 0 Å². The molecule has 7 nitrogen and oxygen atoms in total. The van der Waals surface area contributed by atoms with Crippen molar-refractivity contribution in [1.82, 2.24) is 29.4 Å². The first-order chi connectivity index (χ1) is 10.6. The number of nitrogens with zero attached hydrogens (tertiary/aromatic N) is 6. The molecule has 3 aromatic heterocycles. The smallest absolute Gasteiger partial charge is 0.157 e. The van der Waals surface area contributed by atoms with Gasteiger partial charge in [-0.1, -0.05) is 13.8 Å². The van der Waals surface area contributed by atoms with E-state index in [9.17, 15) is 0 Å². The summed E-state index contributed by atoms with van der Waals surface area (Å²) in [5.74, 6) is 2.18. The number of nitrogens with one attached hydrogen (secondary N) is 1. The van der Waals surface area contributed by atoms with Crippen LogP contribution in [0.5, 0.6) is 0 Å². The average Bonchev–Trinajstić information content (AvgIpc) is 3.15. The Labute approximate surface area is 129 Å². The summed E-state index contributed by atoms with van der Waals surface area (Å²) < 4.78 is 3.71. The standard InChI is InChI=1S/C15H21N7/c1-5-21-15(16-9-18-21)11(4)19-14-8-12(10(2)3)20-13-6-7-17-22(13)14/h6-11,19H,5H2,1-4H3. The van der Waals surface area contributed by atoms with E-state index in [4.69, 9.17) is 0 Å². The van der Waals surface area contributed by atoms with Crippen molar-refractivity contribution in [2.45, 2.75) is 46.2 Å². The van der Waals surface area contributed by atoms with E-state index >= 15 is 0 Å². The molecule has 0 bridgehead atoms. The van der Waals surface area contributed by atoms with Crippen molar-refractivity contribution in [2.75, 3.05) is 5.32 Å². The van der Waals surface area contributed by atoms with E-state index in [2.05, 4.69) is 53.2 Å². The molecule has 1 N–H and O–H groups in total. The maximum absolute atomic E-state index is 4.63. The van der Waals surface area contributed by atoms with Gasteiger partial charge in [0.1, 0.15) is 18.0 Å². The molecule has 3 aromatic rings. The van der Waals surface area contributed by atoms with Crippen molar-refractivity contribution in [3.63, 3.8) is 0 Å². The number of fused-ring (bicyclic) bond motifs is 1. The first-order valence-corrected chi connectivity index (χ1v) is 7.59. The molecule has 22 heavy (non-hydrogen) atoms. The normalized spacial score (nSPS) is 13.0. The lowest BCUT2D eigenvalue weighted by molar-refractivity contribution is 0.591. The first-order valence-electron chi connectivity index (χ1n) is 7.59. The van der Waals surface area contributed by atoms with E-state index in [0.29, 0.717) is 5.92 Å². The largest absolute Gasteiger partial charge is 0.360 e. The predicted octanol–water partition coefficient (Wildman–Crippen LogP) is 2.64. The molecule has 0 radical (unpaired) electrons. The summed E-state index contributed by atoms with van der Waals surface area (Å²) in [5.41, 5.74) is 1.89. The zero-order chi connectivity index (χ0) is 15.7. The Morgan fingerprint density at radius 1 is 1.23 bits per heavy atom. The Balaban J connectivity index is 1.97. The van der Waals surface area contributed by atoms with Crippen LogP contribution in [-0.4, -0.2) is 29.4 Å². The summed E-state index contributed by atoms with van der Waals surface area (Å²) in [6, 6.07) is 3.99. The molecule has 0 aromatic carbocycles. The van der Waals surface area contributed by atoms with Gasteiger partial charge in [-0.25, -0.2) is 14.6 Å². The summed E-state index contributed by atoms with van der Waals surface area (Å²) in [6.07, 6.45) is 3.35. The van der Waals surface area contributed by atoms with E-state index < -0.39 is 0 Å². The van der Waals surface area contributed by atoms with E-state index in [1.54, 1.807) is 12.5 Å². The van der Waals surface area contributed by atoms with Crippen LogP contribution in [0.3, 0.4) is 0 Å². The molecule has 3 rings (SSSR count). The Hall–Kier alpha value is -2.44. The third kappa shape index (κ3) is 2.54. The van der Waals surface area contributed by atoms with Gasteiger partial charge in [0.25, 0.3) is 0 Å². The fourth-order valence-electron chi connectivity index (χ4n) is 2.47. The molecule has 0 spiro atoms. The Morgan fingerprint density at radius 3 is 2.77 bits per heavy atom. The quantitative estimate of drug-likeness (QED) is 0.784. The predicted molar refractivity (Wildman–Crippen MR) is 84.8 cm³/mol. The van der Waals surface area contributed by atoms with E-state index in [1.807, 2.05) is 21.3 Å². The number of rotatable bonds is 5. The summed E-state index contributed by atoms with van der Waals surface area (Å²) in [7, 11) is 0. The van der Waals surface area contributed by atoms with Gasteiger partial charge in [0.2, 0.25) is 0 Å². The highest BCUT2D eigenvalue weighted by molar-refractivity contribution is 5.50. The van der Waals surface area contributed by atoms with Crippen LogP contribution in [0.15, 0.2) is 24.7 Å². The van der Waals surface area contributed by atoms with E-state index in [0.717, 1.165) is 29.5 Å². The highest BCUT2D eigenvalue weighted by Gasteiger charge is 2.15. The van der Waals surface area contributed by atoms with Gasteiger partial charge in [0.15, 0.2) is 5.65 Å². The third-order valence-electron chi connectivity index (χ3n) is 3.67. The van der Waals surface area contributed by atoms with Crippen LogP contribution in [0.4, 0.5) is 5.82 Å².